The highest BCUT2D eigenvalue weighted by Gasteiger charge is 2.12. The number of rotatable bonds is 2. The van der Waals surface area contributed by atoms with Gasteiger partial charge in [0, 0.05) is 5.56 Å². The van der Waals surface area contributed by atoms with E-state index in [0.29, 0.717) is 5.56 Å². The first kappa shape index (κ1) is 10.1. The maximum absolute atomic E-state index is 9.77. The van der Waals surface area contributed by atoms with Crippen molar-refractivity contribution in [2.24, 2.45) is 0 Å². The van der Waals surface area contributed by atoms with E-state index in [4.69, 9.17) is 0 Å². The molecule has 0 heterocycles. The minimum Gasteiger partial charge on any atom is -0.507 e. The van der Waals surface area contributed by atoms with Gasteiger partial charge in [-0.15, -0.1) is 0 Å². The summed E-state index contributed by atoms with van der Waals surface area (Å²) in [7, 11) is 0. The molecule has 0 spiro atoms. The van der Waals surface area contributed by atoms with Crippen LogP contribution in [0.4, 0.5) is 0 Å². The molecule has 0 saturated carbocycles. The number of aliphatic hydroxyl groups excluding tert-OH is 1. The van der Waals surface area contributed by atoms with Gasteiger partial charge in [0.05, 0.1) is 6.10 Å². The molecule has 2 heteroatoms. The molecule has 0 saturated heterocycles. The summed E-state index contributed by atoms with van der Waals surface area (Å²) in [6, 6.07) is 5.48. The second-order valence-corrected chi connectivity index (χ2v) is 3.62. The SMILES string of the molecule is CC(C)c1cccc(C(C)O)c1O. The Kier molecular flexibility index (Phi) is 2.94. The zero-order valence-electron chi connectivity index (χ0n) is 8.28. The fourth-order valence-electron chi connectivity index (χ4n) is 1.38. The number of phenolic OH excluding ortho intramolecular Hbond substituents is 1. The van der Waals surface area contributed by atoms with E-state index in [2.05, 4.69) is 0 Å². The molecule has 0 aliphatic carbocycles. The summed E-state index contributed by atoms with van der Waals surface area (Å²) in [6.07, 6.45) is -0.612. The van der Waals surface area contributed by atoms with Gasteiger partial charge in [0.1, 0.15) is 5.75 Å². The van der Waals surface area contributed by atoms with Gasteiger partial charge in [-0.05, 0) is 18.4 Å². The zero-order valence-corrected chi connectivity index (χ0v) is 8.28. The van der Waals surface area contributed by atoms with Gasteiger partial charge in [0.25, 0.3) is 0 Å². The molecule has 0 amide bonds. The third-order valence-electron chi connectivity index (χ3n) is 2.17. The van der Waals surface area contributed by atoms with Crippen molar-refractivity contribution in [1.82, 2.24) is 0 Å². The monoisotopic (exact) mass is 180 g/mol. The summed E-state index contributed by atoms with van der Waals surface area (Å²) in [4.78, 5) is 0. The van der Waals surface area contributed by atoms with E-state index in [1.165, 1.54) is 0 Å². The molecule has 0 aromatic heterocycles. The van der Waals surface area contributed by atoms with Crippen LogP contribution in [0.2, 0.25) is 0 Å². The molecule has 1 rings (SSSR count). The van der Waals surface area contributed by atoms with Crippen LogP contribution >= 0.6 is 0 Å². The summed E-state index contributed by atoms with van der Waals surface area (Å²) in [5, 5.41) is 19.1. The molecule has 0 bridgehead atoms. The molecule has 1 unspecified atom stereocenters. The van der Waals surface area contributed by atoms with Gasteiger partial charge >= 0.3 is 0 Å². The fraction of sp³-hybridized carbons (Fsp3) is 0.455. The maximum Gasteiger partial charge on any atom is 0.124 e. The molecule has 1 atom stereocenters. The van der Waals surface area contributed by atoms with Gasteiger partial charge < -0.3 is 10.2 Å². The van der Waals surface area contributed by atoms with Crippen LogP contribution in [-0.2, 0) is 0 Å². The summed E-state index contributed by atoms with van der Waals surface area (Å²) in [5.74, 6) is 0.506. The molecule has 0 radical (unpaired) electrons. The Hall–Kier alpha value is -1.02. The van der Waals surface area contributed by atoms with Crippen LogP contribution in [0.3, 0.4) is 0 Å². The molecule has 1 aromatic rings. The van der Waals surface area contributed by atoms with Crippen LogP contribution in [0, 0.1) is 0 Å². The van der Waals surface area contributed by atoms with Gasteiger partial charge in [0.2, 0.25) is 0 Å². The van der Waals surface area contributed by atoms with Gasteiger partial charge in [-0.1, -0.05) is 32.0 Å². The van der Waals surface area contributed by atoms with Crippen molar-refractivity contribution in [3.63, 3.8) is 0 Å². The number of aliphatic hydroxyl groups is 1. The maximum atomic E-state index is 9.77. The fourth-order valence-corrected chi connectivity index (χ4v) is 1.38. The normalized spacial score (nSPS) is 13.3. The standard InChI is InChI=1S/C11H16O2/c1-7(2)9-5-4-6-10(8(3)12)11(9)13/h4-8,12-13H,1-3H3. The molecule has 2 nitrogen and oxygen atoms in total. The quantitative estimate of drug-likeness (QED) is 0.734. The summed E-state index contributed by atoms with van der Waals surface area (Å²) in [5.41, 5.74) is 1.49. The Morgan fingerprint density at radius 2 is 1.62 bits per heavy atom. The first-order valence-corrected chi connectivity index (χ1v) is 4.54. The number of hydrogen-bond donors (Lipinski definition) is 2. The van der Waals surface area contributed by atoms with Gasteiger partial charge in [-0.2, -0.15) is 0 Å². The average Bonchev–Trinajstić information content (AvgIpc) is 2.03. The van der Waals surface area contributed by atoms with E-state index in [1.54, 1.807) is 13.0 Å². The molecule has 0 fully saturated rings. The lowest BCUT2D eigenvalue weighted by Gasteiger charge is -2.13. The number of hydrogen-bond acceptors (Lipinski definition) is 2. The van der Waals surface area contributed by atoms with Gasteiger partial charge in [0.15, 0.2) is 0 Å². The van der Waals surface area contributed by atoms with Gasteiger partial charge in [-0.25, -0.2) is 0 Å². The van der Waals surface area contributed by atoms with E-state index in [0.717, 1.165) is 5.56 Å². The van der Waals surface area contributed by atoms with Crippen molar-refractivity contribution in [1.29, 1.82) is 0 Å². The van der Waals surface area contributed by atoms with Crippen molar-refractivity contribution in [3.05, 3.63) is 29.3 Å². The van der Waals surface area contributed by atoms with Crippen LogP contribution in [0.1, 0.15) is 43.9 Å². The lowest BCUT2D eigenvalue weighted by atomic mass is 9.97. The highest BCUT2D eigenvalue weighted by molar-refractivity contribution is 5.42. The number of benzene rings is 1. The van der Waals surface area contributed by atoms with Crippen LogP contribution in [0.15, 0.2) is 18.2 Å². The molecule has 1 aromatic carbocycles. The van der Waals surface area contributed by atoms with Crippen LogP contribution in [-0.4, -0.2) is 10.2 Å². The molecule has 0 aliphatic heterocycles. The zero-order chi connectivity index (χ0) is 10.0. The Morgan fingerprint density at radius 1 is 1.08 bits per heavy atom. The summed E-state index contributed by atoms with van der Waals surface area (Å²) >= 11 is 0. The highest BCUT2D eigenvalue weighted by atomic mass is 16.3. The van der Waals surface area contributed by atoms with Crippen molar-refractivity contribution in [3.8, 4) is 5.75 Å². The Labute approximate surface area is 78.8 Å². The largest absolute Gasteiger partial charge is 0.507 e. The smallest absolute Gasteiger partial charge is 0.124 e. The van der Waals surface area contributed by atoms with Gasteiger partial charge in [-0.3, -0.25) is 0 Å². The first-order chi connectivity index (χ1) is 6.04. The van der Waals surface area contributed by atoms with Crippen molar-refractivity contribution in [2.45, 2.75) is 32.8 Å². The second-order valence-electron chi connectivity index (χ2n) is 3.62. The minimum atomic E-state index is -0.612. The van der Waals surface area contributed by atoms with Crippen LogP contribution < -0.4 is 0 Å². The van der Waals surface area contributed by atoms with E-state index in [9.17, 15) is 10.2 Å². The molecular formula is C11H16O2. The predicted octanol–water partition coefficient (Wildman–Crippen LogP) is 2.57. The van der Waals surface area contributed by atoms with E-state index >= 15 is 0 Å². The third kappa shape index (κ3) is 2.01. The third-order valence-corrected chi connectivity index (χ3v) is 2.17. The van der Waals surface area contributed by atoms with Crippen molar-refractivity contribution >= 4 is 0 Å². The second kappa shape index (κ2) is 3.79. The molecular weight excluding hydrogens is 164 g/mol. The lowest BCUT2D eigenvalue weighted by Crippen LogP contribution is -1.96. The van der Waals surface area contributed by atoms with E-state index in [-0.39, 0.29) is 11.7 Å². The number of aromatic hydroxyl groups is 1. The van der Waals surface area contributed by atoms with Crippen LogP contribution in [0.25, 0.3) is 0 Å². The first-order valence-electron chi connectivity index (χ1n) is 4.54. The van der Waals surface area contributed by atoms with E-state index < -0.39 is 6.10 Å². The predicted molar refractivity (Wildman–Crippen MR) is 52.8 cm³/mol. The minimum absolute atomic E-state index is 0.229. The van der Waals surface area contributed by atoms with Crippen LogP contribution in [0.5, 0.6) is 5.75 Å². The number of phenols is 1. The molecule has 0 aliphatic rings. The van der Waals surface area contributed by atoms with E-state index in [1.807, 2.05) is 26.0 Å². The van der Waals surface area contributed by atoms with Crippen molar-refractivity contribution in [2.75, 3.05) is 0 Å². The Bertz CT molecular complexity index is 264. The van der Waals surface area contributed by atoms with Crippen molar-refractivity contribution < 1.29 is 10.2 Å². The summed E-state index contributed by atoms with van der Waals surface area (Å²) < 4.78 is 0. The summed E-state index contributed by atoms with van der Waals surface area (Å²) in [6.45, 7) is 5.68. The highest BCUT2D eigenvalue weighted by Crippen LogP contribution is 2.32. The average molecular weight is 180 g/mol. The molecule has 2 N–H and O–H groups in total. The lowest BCUT2D eigenvalue weighted by molar-refractivity contribution is 0.194. The number of para-hydroxylation sites is 1. The Morgan fingerprint density at radius 3 is 2.08 bits per heavy atom. The molecule has 72 valence electrons. The Balaban J connectivity index is 3.18. The molecule has 13 heavy (non-hydrogen) atoms. The topological polar surface area (TPSA) is 40.5 Å².